The average molecular weight is 243 g/mol. The Morgan fingerprint density at radius 3 is 2.88 bits per heavy atom. The second-order valence-electron chi connectivity index (χ2n) is 3.94. The summed E-state index contributed by atoms with van der Waals surface area (Å²) < 4.78 is 13.3. The van der Waals surface area contributed by atoms with Crippen LogP contribution in [0.2, 0.25) is 5.02 Å². The number of amides is 2. The van der Waals surface area contributed by atoms with Crippen LogP contribution in [0.3, 0.4) is 0 Å². The number of hydrogen-bond acceptors (Lipinski definition) is 1. The first kappa shape index (κ1) is 11.2. The number of rotatable bonds is 1. The van der Waals surface area contributed by atoms with Gasteiger partial charge in [0.05, 0.1) is 5.02 Å². The highest BCUT2D eigenvalue weighted by molar-refractivity contribution is 6.30. The van der Waals surface area contributed by atoms with Crippen LogP contribution >= 0.6 is 11.6 Å². The zero-order valence-corrected chi connectivity index (χ0v) is 9.38. The molecule has 1 saturated heterocycles. The molecule has 2 rings (SSSR count). The number of nitrogens with two attached hydrogens (primary N) is 1. The minimum atomic E-state index is -0.420. The van der Waals surface area contributed by atoms with Gasteiger partial charge in [0.1, 0.15) is 5.82 Å². The molecule has 1 heterocycles. The quantitative estimate of drug-likeness (QED) is 0.807. The molecular formula is C11H12ClFN2O. The van der Waals surface area contributed by atoms with E-state index >= 15 is 0 Å². The van der Waals surface area contributed by atoms with Crippen LogP contribution in [0.5, 0.6) is 0 Å². The van der Waals surface area contributed by atoms with E-state index in [1.54, 1.807) is 17.0 Å². The molecule has 0 saturated carbocycles. The molecule has 5 heteroatoms. The van der Waals surface area contributed by atoms with Crippen LogP contribution < -0.4 is 5.73 Å². The van der Waals surface area contributed by atoms with Gasteiger partial charge in [0.15, 0.2) is 0 Å². The lowest BCUT2D eigenvalue weighted by atomic mass is 9.98. The highest BCUT2D eigenvalue weighted by Gasteiger charge is 2.26. The van der Waals surface area contributed by atoms with Crippen molar-refractivity contribution in [2.45, 2.75) is 12.3 Å². The molecule has 1 fully saturated rings. The molecule has 2 amide bonds. The van der Waals surface area contributed by atoms with E-state index in [0.717, 1.165) is 12.0 Å². The number of carbonyl (C=O) groups is 1. The molecule has 2 N–H and O–H groups in total. The maximum atomic E-state index is 13.3. The molecule has 0 spiro atoms. The number of primary amides is 1. The van der Waals surface area contributed by atoms with Crippen LogP contribution in [-0.4, -0.2) is 24.0 Å². The van der Waals surface area contributed by atoms with E-state index in [2.05, 4.69) is 0 Å². The summed E-state index contributed by atoms with van der Waals surface area (Å²) in [5.41, 5.74) is 6.05. The molecule has 1 aliphatic heterocycles. The third kappa shape index (κ3) is 2.11. The van der Waals surface area contributed by atoms with Gasteiger partial charge < -0.3 is 10.6 Å². The Labute approximate surface area is 98.0 Å². The van der Waals surface area contributed by atoms with Gasteiger partial charge in [-0.15, -0.1) is 0 Å². The lowest BCUT2D eigenvalue weighted by Gasteiger charge is -2.13. The second-order valence-corrected chi connectivity index (χ2v) is 4.35. The molecule has 1 atom stereocenters. The van der Waals surface area contributed by atoms with Gasteiger partial charge >= 0.3 is 6.03 Å². The van der Waals surface area contributed by atoms with Gasteiger partial charge in [0.2, 0.25) is 0 Å². The van der Waals surface area contributed by atoms with Gasteiger partial charge in [0, 0.05) is 19.0 Å². The van der Waals surface area contributed by atoms with E-state index in [9.17, 15) is 9.18 Å². The molecule has 0 aromatic heterocycles. The third-order valence-corrected chi connectivity index (χ3v) is 3.22. The number of hydrogen-bond donors (Lipinski definition) is 1. The molecule has 1 aromatic rings. The predicted molar refractivity (Wildman–Crippen MR) is 59.9 cm³/mol. The molecule has 86 valence electrons. The van der Waals surface area contributed by atoms with Crippen molar-refractivity contribution in [1.29, 1.82) is 0 Å². The molecule has 3 nitrogen and oxygen atoms in total. The van der Waals surface area contributed by atoms with Gasteiger partial charge in [-0.25, -0.2) is 9.18 Å². The minimum Gasteiger partial charge on any atom is -0.351 e. The van der Waals surface area contributed by atoms with Crippen molar-refractivity contribution >= 4 is 17.6 Å². The van der Waals surface area contributed by atoms with Crippen molar-refractivity contribution in [3.8, 4) is 0 Å². The monoisotopic (exact) mass is 242 g/mol. The van der Waals surface area contributed by atoms with Crippen molar-refractivity contribution in [2.75, 3.05) is 13.1 Å². The van der Waals surface area contributed by atoms with Gasteiger partial charge in [0.25, 0.3) is 0 Å². The van der Waals surface area contributed by atoms with E-state index in [0.29, 0.717) is 13.1 Å². The smallest absolute Gasteiger partial charge is 0.314 e. The zero-order valence-electron chi connectivity index (χ0n) is 8.62. The van der Waals surface area contributed by atoms with Crippen LogP contribution in [0.4, 0.5) is 9.18 Å². The van der Waals surface area contributed by atoms with Crippen LogP contribution in [0, 0.1) is 5.82 Å². The lowest BCUT2D eigenvalue weighted by molar-refractivity contribution is 0.218. The SMILES string of the molecule is NC(=O)N1CC[C@H](c2ccc(Cl)c(F)c2)C1. The fourth-order valence-electron chi connectivity index (χ4n) is 2.00. The fraction of sp³-hybridized carbons (Fsp3) is 0.364. The Morgan fingerprint density at radius 1 is 1.56 bits per heavy atom. The maximum Gasteiger partial charge on any atom is 0.314 e. The number of halogens is 2. The van der Waals surface area contributed by atoms with Crippen molar-refractivity contribution in [3.63, 3.8) is 0 Å². The Morgan fingerprint density at radius 2 is 2.31 bits per heavy atom. The summed E-state index contributed by atoms with van der Waals surface area (Å²) in [5, 5.41) is 0.119. The van der Waals surface area contributed by atoms with Crippen LogP contribution in [0.25, 0.3) is 0 Å². The fourth-order valence-corrected chi connectivity index (χ4v) is 2.12. The Bertz CT molecular complexity index is 424. The molecule has 0 unspecified atom stereocenters. The Hall–Kier alpha value is -1.29. The van der Waals surface area contributed by atoms with Gasteiger partial charge in [-0.1, -0.05) is 17.7 Å². The molecule has 0 bridgehead atoms. The van der Waals surface area contributed by atoms with Crippen molar-refractivity contribution in [1.82, 2.24) is 4.90 Å². The third-order valence-electron chi connectivity index (χ3n) is 2.91. The normalized spacial score (nSPS) is 20.1. The van der Waals surface area contributed by atoms with Gasteiger partial charge in [-0.05, 0) is 24.1 Å². The molecule has 0 aliphatic carbocycles. The summed E-state index contributed by atoms with van der Waals surface area (Å²) in [4.78, 5) is 12.5. The van der Waals surface area contributed by atoms with Crippen LogP contribution in [0.1, 0.15) is 17.9 Å². The van der Waals surface area contributed by atoms with Crippen molar-refractivity contribution < 1.29 is 9.18 Å². The number of benzene rings is 1. The first-order valence-corrected chi connectivity index (χ1v) is 5.45. The van der Waals surface area contributed by atoms with Crippen molar-refractivity contribution in [3.05, 3.63) is 34.6 Å². The van der Waals surface area contributed by atoms with Gasteiger partial charge in [-0.2, -0.15) is 0 Å². The van der Waals surface area contributed by atoms with Crippen LogP contribution in [-0.2, 0) is 0 Å². The lowest BCUT2D eigenvalue weighted by Crippen LogP contribution is -2.33. The standard InChI is InChI=1S/C11H12ClFN2O/c12-9-2-1-7(5-10(9)13)8-3-4-15(6-8)11(14)16/h1-2,5,8H,3-4,6H2,(H2,14,16)/t8-/m0/s1. The molecule has 0 radical (unpaired) electrons. The summed E-state index contributed by atoms with van der Waals surface area (Å²) in [6.45, 7) is 1.18. The number of urea groups is 1. The zero-order chi connectivity index (χ0) is 11.7. The average Bonchev–Trinajstić information content (AvgIpc) is 2.71. The van der Waals surface area contributed by atoms with E-state index < -0.39 is 11.8 Å². The van der Waals surface area contributed by atoms with E-state index in [-0.39, 0.29) is 10.9 Å². The van der Waals surface area contributed by atoms with E-state index in [1.807, 2.05) is 0 Å². The first-order chi connectivity index (χ1) is 7.58. The molecular weight excluding hydrogens is 231 g/mol. The Balaban J connectivity index is 2.14. The van der Waals surface area contributed by atoms with Crippen molar-refractivity contribution in [2.24, 2.45) is 5.73 Å². The maximum absolute atomic E-state index is 13.3. The van der Waals surface area contributed by atoms with E-state index in [1.165, 1.54) is 6.07 Å². The second kappa shape index (κ2) is 4.29. The first-order valence-electron chi connectivity index (χ1n) is 5.07. The van der Waals surface area contributed by atoms with E-state index in [4.69, 9.17) is 17.3 Å². The van der Waals surface area contributed by atoms with Crippen LogP contribution in [0.15, 0.2) is 18.2 Å². The summed E-state index contributed by atoms with van der Waals surface area (Å²) in [5.74, 6) is -0.268. The number of nitrogens with zero attached hydrogens (tertiary/aromatic N) is 1. The molecule has 16 heavy (non-hydrogen) atoms. The number of likely N-dealkylation sites (tertiary alicyclic amines) is 1. The summed E-state index contributed by atoms with van der Waals surface area (Å²) >= 11 is 5.61. The number of carbonyl (C=O) groups excluding carboxylic acids is 1. The minimum absolute atomic E-state index is 0.119. The molecule has 1 aromatic carbocycles. The summed E-state index contributed by atoms with van der Waals surface area (Å²) in [6, 6.07) is 4.34. The predicted octanol–water partition coefficient (Wildman–Crippen LogP) is 2.35. The summed E-state index contributed by atoms with van der Waals surface area (Å²) in [6.07, 6.45) is 0.810. The topological polar surface area (TPSA) is 46.3 Å². The summed E-state index contributed by atoms with van der Waals surface area (Å²) in [7, 11) is 0. The largest absolute Gasteiger partial charge is 0.351 e. The van der Waals surface area contributed by atoms with Gasteiger partial charge in [-0.3, -0.25) is 0 Å². The molecule has 1 aliphatic rings. The highest BCUT2D eigenvalue weighted by atomic mass is 35.5. The highest BCUT2D eigenvalue weighted by Crippen LogP contribution is 2.29. The Kier molecular flexibility index (Phi) is 3.01.